The van der Waals surface area contributed by atoms with Gasteiger partial charge in [0.1, 0.15) is 5.82 Å². The third kappa shape index (κ3) is 3.58. The van der Waals surface area contributed by atoms with Gasteiger partial charge in [-0.3, -0.25) is 14.7 Å². The van der Waals surface area contributed by atoms with Crippen molar-refractivity contribution in [1.29, 1.82) is 0 Å². The third-order valence-electron chi connectivity index (χ3n) is 5.03. The van der Waals surface area contributed by atoms with Gasteiger partial charge in [0.2, 0.25) is 0 Å². The molecule has 1 amide bonds. The Hall–Kier alpha value is -2.81. The topological polar surface area (TPSA) is 58.6 Å². The van der Waals surface area contributed by atoms with Crippen molar-refractivity contribution in [3.8, 4) is 0 Å². The predicted octanol–water partition coefficient (Wildman–Crippen LogP) is 3.87. The van der Waals surface area contributed by atoms with E-state index in [1.165, 1.54) is 16.7 Å². The third-order valence-corrected chi connectivity index (χ3v) is 6.33. The molecule has 0 saturated carbocycles. The number of rotatable bonds is 3. The Morgan fingerprint density at radius 2 is 1.97 bits per heavy atom. The van der Waals surface area contributed by atoms with Crippen LogP contribution in [0.3, 0.4) is 0 Å². The van der Waals surface area contributed by atoms with Gasteiger partial charge in [-0.25, -0.2) is 4.98 Å². The molecule has 30 heavy (non-hydrogen) atoms. The first kappa shape index (κ1) is 19.2. The van der Waals surface area contributed by atoms with E-state index in [0.717, 1.165) is 35.4 Å². The Morgan fingerprint density at radius 1 is 1.13 bits per heavy atom. The summed E-state index contributed by atoms with van der Waals surface area (Å²) in [6.07, 6.45) is 5.22. The van der Waals surface area contributed by atoms with Crippen molar-refractivity contribution in [2.24, 2.45) is 0 Å². The van der Waals surface area contributed by atoms with Crippen LogP contribution in [0.15, 0.2) is 59.8 Å². The molecule has 0 unspecified atom stereocenters. The van der Waals surface area contributed by atoms with Crippen LogP contribution in [0.2, 0.25) is 0 Å². The number of carbonyl (C=O) groups is 1. The van der Waals surface area contributed by atoms with E-state index in [-0.39, 0.29) is 5.91 Å². The van der Waals surface area contributed by atoms with E-state index in [1.54, 1.807) is 18.5 Å². The Bertz CT molecular complexity index is 1160. The standard InChI is InChI=1S/C22H18N4O2S2/c27-21-19(30-22(29)26(21)17-5-3-7-23-14-17)13-16-12-15-4-1-2-6-18(15)24-20(16)25-8-10-28-11-9-25/h1-7,12-14H,8-11H2/b19-13-. The second-order valence-corrected chi connectivity index (χ2v) is 8.60. The van der Waals surface area contributed by atoms with Gasteiger partial charge in [-0.15, -0.1) is 0 Å². The molecule has 0 spiro atoms. The molecule has 1 aromatic carbocycles. The number of amides is 1. The molecule has 5 rings (SSSR count). The van der Waals surface area contributed by atoms with Crippen LogP contribution in [0.4, 0.5) is 11.5 Å². The number of thiocarbonyl (C=S) groups is 1. The van der Waals surface area contributed by atoms with Gasteiger partial charge < -0.3 is 9.64 Å². The van der Waals surface area contributed by atoms with Gasteiger partial charge in [-0.2, -0.15) is 0 Å². The number of hydrogen-bond acceptors (Lipinski definition) is 7. The van der Waals surface area contributed by atoms with Crippen molar-refractivity contribution >= 4 is 62.7 Å². The molecule has 150 valence electrons. The lowest BCUT2D eigenvalue weighted by Crippen LogP contribution is -2.37. The maximum absolute atomic E-state index is 13.1. The molecule has 2 aromatic heterocycles. The van der Waals surface area contributed by atoms with Crippen molar-refractivity contribution in [2.75, 3.05) is 36.1 Å². The van der Waals surface area contributed by atoms with Gasteiger partial charge >= 0.3 is 0 Å². The molecule has 3 aromatic rings. The highest BCUT2D eigenvalue weighted by Gasteiger charge is 2.33. The number of aromatic nitrogens is 2. The molecule has 0 radical (unpaired) electrons. The zero-order valence-corrected chi connectivity index (χ0v) is 17.7. The first-order chi connectivity index (χ1) is 14.7. The van der Waals surface area contributed by atoms with E-state index < -0.39 is 0 Å². The predicted molar refractivity (Wildman–Crippen MR) is 125 cm³/mol. The number of benzene rings is 1. The lowest BCUT2D eigenvalue weighted by molar-refractivity contribution is -0.113. The number of nitrogens with zero attached hydrogens (tertiary/aromatic N) is 4. The van der Waals surface area contributed by atoms with Crippen molar-refractivity contribution in [3.05, 3.63) is 65.3 Å². The summed E-state index contributed by atoms with van der Waals surface area (Å²) in [4.78, 5) is 26.5. The minimum absolute atomic E-state index is 0.140. The highest BCUT2D eigenvalue weighted by atomic mass is 32.2. The van der Waals surface area contributed by atoms with Crippen LogP contribution in [0.1, 0.15) is 5.56 Å². The van der Waals surface area contributed by atoms with Gasteiger partial charge in [0.05, 0.1) is 35.5 Å². The highest BCUT2D eigenvalue weighted by Crippen LogP contribution is 2.37. The maximum Gasteiger partial charge on any atom is 0.270 e. The van der Waals surface area contributed by atoms with E-state index in [2.05, 4.69) is 16.0 Å². The van der Waals surface area contributed by atoms with Crippen LogP contribution in [0.25, 0.3) is 17.0 Å². The second-order valence-electron chi connectivity index (χ2n) is 6.92. The number of carbonyl (C=O) groups excluding carboxylic acids is 1. The molecule has 0 aliphatic carbocycles. The highest BCUT2D eigenvalue weighted by molar-refractivity contribution is 8.27. The number of thioether (sulfide) groups is 1. The number of para-hydroxylation sites is 1. The molecule has 2 aliphatic rings. The van der Waals surface area contributed by atoms with Crippen molar-refractivity contribution in [2.45, 2.75) is 0 Å². The molecule has 2 saturated heterocycles. The smallest absolute Gasteiger partial charge is 0.270 e. The number of pyridine rings is 2. The Morgan fingerprint density at radius 3 is 2.77 bits per heavy atom. The summed E-state index contributed by atoms with van der Waals surface area (Å²) in [6.45, 7) is 2.86. The van der Waals surface area contributed by atoms with Crippen LogP contribution >= 0.6 is 24.0 Å². The largest absolute Gasteiger partial charge is 0.378 e. The van der Waals surface area contributed by atoms with Gasteiger partial charge in [0.15, 0.2) is 4.32 Å². The minimum Gasteiger partial charge on any atom is -0.378 e. The van der Waals surface area contributed by atoms with E-state index in [1.807, 2.05) is 36.4 Å². The molecule has 0 atom stereocenters. The summed E-state index contributed by atoms with van der Waals surface area (Å²) >= 11 is 6.79. The summed E-state index contributed by atoms with van der Waals surface area (Å²) < 4.78 is 6.00. The molecule has 2 aliphatic heterocycles. The summed E-state index contributed by atoms with van der Waals surface area (Å²) in [5, 5.41) is 1.03. The zero-order chi connectivity index (χ0) is 20.5. The monoisotopic (exact) mass is 434 g/mol. The number of anilines is 2. The molecule has 4 heterocycles. The Labute approximate surface area is 183 Å². The quantitative estimate of drug-likeness (QED) is 0.458. The summed E-state index contributed by atoms with van der Waals surface area (Å²) in [5.74, 6) is 0.725. The van der Waals surface area contributed by atoms with Crippen molar-refractivity contribution < 1.29 is 9.53 Å². The van der Waals surface area contributed by atoms with E-state index in [0.29, 0.717) is 28.1 Å². The molecular weight excluding hydrogens is 416 g/mol. The van der Waals surface area contributed by atoms with Crippen LogP contribution in [-0.2, 0) is 9.53 Å². The molecule has 0 bridgehead atoms. The fourth-order valence-corrected chi connectivity index (χ4v) is 4.86. The summed E-state index contributed by atoms with van der Waals surface area (Å²) in [5.41, 5.74) is 2.51. The Kier molecular flexibility index (Phi) is 5.20. The van der Waals surface area contributed by atoms with Crippen molar-refractivity contribution in [1.82, 2.24) is 9.97 Å². The number of hydrogen-bond donors (Lipinski definition) is 0. The number of morpholine rings is 1. The first-order valence-electron chi connectivity index (χ1n) is 9.61. The summed E-state index contributed by atoms with van der Waals surface area (Å²) in [7, 11) is 0. The van der Waals surface area contributed by atoms with E-state index in [9.17, 15) is 4.79 Å². The van der Waals surface area contributed by atoms with Crippen LogP contribution in [0.5, 0.6) is 0 Å². The molecule has 6 nitrogen and oxygen atoms in total. The lowest BCUT2D eigenvalue weighted by Gasteiger charge is -2.29. The summed E-state index contributed by atoms with van der Waals surface area (Å²) in [6, 6.07) is 13.7. The minimum atomic E-state index is -0.140. The SMILES string of the molecule is O=C1/C(=C/c2cc3ccccc3nc2N2CCOCC2)SC(=S)N1c1cccnc1. The molecular formula is C22H18N4O2S2. The molecule has 8 heteroatoms. The normalized spacial score (nSPS) is 18.6. The van der Waals surface area contributed by atoms with Crippen LogP contribution < -0.4 is 9.80 Å². The van der Waals surface area contributed by atoms with Crippen LogP contribution in [-0.4, -0.2) is 46.5 Å². The van der Waals surface area contributed by atoms with Gasteiger partial charge in [-0.05, 0) is 30.3 Å². The average molecular weight is 435 g/mol. The average Bonchev–Trinajstić information content (AvgIpc) is 3.07. The van der Waals surface area contributed by atoms with Crippen molar-refractivity contribution in [3.63, 3.8) is 0 Å². The van der Waals surface area contributed by atoms with Gasteiger partial charge in [-0.1, -0.05) is 42.2 Å². The van der Waals surface area contributed by atoms with Gasteiger partial charge in [0, 0.05) is 30.2 Å². The fraction of sp³-hybridized carbons (Fsp3) is 0.182. The first-order valence-corrected chi connectivity index (χ1v) is 10.8. The maximum atomic E-state index is 13.1. The van der Waals surface area contributed by atoms with Crippen LogP contribution in [0, 0.1) is 0 Å². The lowest BCUT2D eigenvalue weighted by atomic mass is 10.1. The number of ether oxygens (including phenoxy) is 1. The molecule has 0 N–H and O–H groups in total. The van der Waals surface area contributed by atoms with E-state index >= 15 is 0 Å². The van der Waals surface area contributed by atoms with E-state index in [4.69, 9.17) is 21.9 Å². The fourth-order valence-electron chi connectivity index (χ4n) is 3.57. The second kappa shape index (κ2) is 8.14. The van der Waals surface area contributed by atoms with Gasteiger partial charge in [0.25, 0.3) is 5.91 Å². The Balaban J connectivity index is 1.57. The number of fused-ring (bicyclic) bond motifs is 1. The zero-order valence-electron chi connectivity index (χ0n) is 16.0. The molecule has 2 fully saturated rings.